The highest BCUT2D eigenvalue weighted by molar-refractivity contribution is 6.33. The van der Waals surface area contributed by atoms with Crippen molar-refractivity contribution in [2.75, 3.05) is 19.3 Å². The maximum Gasteiger partial charge on any atom is 0.0635 e. The molecular weight excluding hydrogens is 268 g/mol. The molecule has 2 nitrogen and oxygen atoms in total. The lowest BCUT2D eigenvalue weighted by atomic mass is 10.1. The van der Waals surface area contributed by atoms with E-state index in [2.05, 4.69) is 42.3 Å². The highest BCUT2D eigenvalue weighted by Gasteiger charge is 2.03. The summed E-state index contributed by atoms with van der Waals surface area (Å²) in [7, 11) is 2.13. The lowest BCUT2D eigenvalue weighted by Gasteiger charge is -2.17. The SMILES string of the molecule is CN(CCCc1ccccc1)Cc1ccc(Cl)c(N)c1. The van der Waals surface area contributed by atoms with Crippen LogP contribution < -0.4 is 5.73 Å². The van der Waals surface area contributed by atoms with Crippen molar-refractivity contribution in [1.29, 1.82) is 0 Å². The Morgan fingerprint density at radius 3 is 2.50 bits per heavy atom. The van der Waals surface area contributed by atoms with E-state index in [9.17, 15) is 0 Å². The summed E-state index contributed by atoms with van der Waals surface area (Å²) >= 11 is 5.93. The first kappa shape index (κ1) is 14.9. The number of benzene rings is 2. The topological polar surface area (TPSA) is 29.3 Å². The summed E-state index contributed by atoms with van der Waals surface area (Å²) in [4.78, 5) is 2.31. The van der Waals surface area contributed by atoms with E-state index in [0.29, 0.717) is 10.7 Å². The molecule has 2 N–H and O–H groups in total. The van der Waals surface area contributed by atoms with Gasteiger partial charge in [0, 0.05) is 6.54 Å². The van der Waals surface area contributed by atoms with Crippen LogP contribution >= 0.6 is 11.6 Å². The van der Waals surface area contributed by atoms with Gasteiger partial charge < -0.3 is 10.6 Å². The van der Waals surface area contributed by atoms with E-state index in [-0.39, 0.29) is 0 Å². The summed E-state index contributed by atoms with van der Waals surface area (Å²) in [5, 5.41) is 0.625. The minimum atomic E-state index is 0.625. The van der Waals surface area contributed by atoms with Crippen molar-refractivity contribution in [2.24, 2.45) is 0 Å². The second-order valence-corrected chi connectivity index (χ2v) is 5.59. The van der Waals surface area contributed by atoms with Gasteiger partial charge in [-0.3, -0.25) is 0 Å². The van der Waals surface area contributed by atoms with Gasteiger partial charge in [0.1, 0.15) is 0 Å². The molecule has 2 aromatic carbocycles. The molecule has 2 aromatic rings. The van der Waals surface area contributed by atoms with Gasteiger partial charge in [0.05, 0.1) is 10.7 Å². The van der Waals surface area contributed by atoms with E-state index < -0.39 is 0 Å². The van der Waals surface area contributed by atoms with Crippen molar-refractivity contribution in [1.82, 2.24) is 4.90 Å². The van der Waals surface area contributed by atoms with Crippen molar-refractivity contribution < 1.29 is 0 Å². The number of hydrogen-bond donors (Lipinski definition) is 1. The van der Waals surface area contributed by atoms with Crippen LogP contribution in [0.15, 0.2) is 48.5 Å². The molecule has 0 aromatic heterocycles. The van der Waals surface area contributed by atoms with Crippen molar-refractivity contribution >= 4 is 17.3 Å². The van der Waals surface area contributed by atoms with E-state index in [0.717, 1.165) is 25.9 Å². The number of aryl methyl sites for hydroxylation is 1. The third-order valence-electron chi connectivity index (χ3n) is 3.36. The molecule has 20 heavy (non-hydrogen) atoms. The molecule has 0 aliphatic heterocycles. The van der Waals surface area contributed by atoms with Gasteiger partial charge in [0.2, 0.25) is 0 Å². The van der Waals surface area contributed by atoms with Crippen molar-refractivity contribution in [2.45, 2.75) is 19.4 Å². The summed E-state index contributed by atoms with van der Waals surface area (Å²) in [5.74, 6) is 0. The molecule has 0 spiro atoms. The van der Waals surface area contributed by atoms with Gasteiger partial charge in [-0.1, -0.05) is 48.0 Å². The maximum atomic E-state index is 5.93. The second-order valence-electron chi connectivity index (χ2n) is 5.18. The number of rotatable bonds is 6. The quantitative estimate of drug-likeness (QED) is 0.815. The first-order valence-electron chi connectivity index (χ1n) is 6.91. The third-order valence-corrected chi connectivity index (χ3v) is 3.71. The Morgan fingerprint density at radius 2 is 1.80 bits per heavy atom. The zero-order chi connectivity index (χ0) is 14.4. The molecule has 0 aliphatic rings. The Labute approximate surface area is 126 Å². The number of hydrogen-bond acceptors (Lipinski definition) is 2. The van der Waals surface area contributed by atoms with E-state index in [1.807, 2.05) is 18.2 Å². The summed E-state index contributed by atoms with van der Waals surface area (Å²) in [6.45, 7) is 1.97. The fraction of sp³-hybridized carbons (Fsp3) is 0.294. The molecule has 106 valence electrons. The molecule has 2 rings (SSSR count). The molecule has 0 heterocycles. The Bertz CT molecular complexity index is 540. The summed E-state index contributed by atoms with van der Waals surface area (Å²) < 4.78 is 0. The predicted octanol–water partition coefficient (Wildman–Crippen LogP) is 3.99. The van der Waals surface area contributed by atoms with Crippen molar-refractivity contribution in [3.63, 3.8) is 0 Å². The van der Waals surface area contributed by atoms with E-state index in [4.69, 9.17) is 17.3 Å². The molecule has 3 heteroatoms. The Hall–Kier alpha value is -1.51. The van der Waals surface area contributed by atoms with E-state index in [1.165, 1.54) is 11.1 Å². The van der Waals surface area contributed by atoms with Gasteiger partial charge in [0.25, 0.3) is 0 Å². The average Bonchev–Trinajstić information content (AvgIpc) is 2.44. The van der Waals surface area contributed by atoms with Gasteiger partial charge in [0.15, 0.2) is 0 Å². The molecule has 0 aliphatic carbocycles. The van der Waals surface area contributed by atoms with Gasteiger partial charge in [-0.15, -0.1) is 0 Å². The Kier molecular flexibility index (Phi) is 5.45. The zero-order valence-corrected chi connectivity index (χ0v) is 12.6. The van der Waals surface area contributed by atoms with Crippen LogP contribution in [0.1, 0.15) is 17.5 Å². The smallest absolute Gasteiger partial charge is 0.0635 e. The van der Waals surface area contributed by atoms with Crippen LogP contribution in [0.25, 0.3) is 0 Å². The third kappa shape index (κ3) is 4.55. The number of nitrogens with two attached hydrogens (primary N) is 1. The predicted molar refractivity (Wildman–Crippen MR) is 87.0 cm³/mol. The van der Waals surface area contributed by atoms with Crippen LogP contribution in [0.5, 0.6) is 0 Å². The normalized spacial score (nSPS) is 10.9. The van der Waals surface area contributed by atoms with E-state index in [1.54, 1.807) is 0 Å². The fourth-order valence-electron chi connectivity index (χ4n) is 2.28. The van der Waals surface area contributed by atoms with Gasteiger partial charge in [-0.2, -0.15) is 0 Å². The molecule has 0 bridgehead atoms. The number of halogens is 1. The highest BCUT2D eigenvalue weighted by Crippen LogP contribution is 2.20. The monoisotopic (exact) mass is 288 g/mol. The Balaban J connectivity index is 1.77. The second kappa shape index (κ2) is 7.32. The van der Waals surface area contributed by atoms with Gasteiger partial charge >= 0.3 is 0 Å². The van der Waals surface area contributed by atoms with E-state index >= 15 is 0 Å². The number of nitrogens with zero attached hydrogens (tertiary/aromatic N) is 1. The molecule has 0 saturated heterocycles. The molecule has 0 amide bonds. The number of anilines is 1. The Morgan fingerprint density at radius 1 is 1.05 bits per heavy atom. The molecule has 0 atom stereocenters. The minimum absolute atomic E-state index is 0.625. The lowest BCUT2D eigenvalue weighted by Crippen LogP contribution is -2.19. The van der Waals surface area contributed by atoms with Crippen LogP contribution in [-0.4, -0.2) is 18.5 Å². The summed E-state index contributed by atoms with van der Waals surface area (Å²) in [5.41, 5.74) is 9.08. The van der Waals surface area contributed by atoms with Crippen LogP contribution in [0.2, 0.25) is 5.02 Å². The maximum absolute atomic E-state index is 5.93. The van der Waals surface area contributed by atoms with Crippen LogP contribution in [0.4, 0.5) is 5.69 Å². The lowest BCUT2D eigenvalue weighted by molar-refractivity contribution is 0.322. The average molecular weight is 289 g/mol. The first-order chi connectivity index (χ1) is 9.65. The van der Waals surface area contributed by atoms with Crippen molar-refractivity contribution in [3.8, 4) is 0 Å². The summed E-state index contributed by atoms with van der Waals surface area (Å²) in [6.07, 6.45) is 2.28. The van der Waals surface area contributed by atoms with Crippen LogP contribution in [-0.2, 0) is 13.0 Å². The molecule has 0 radical (unpaired) electrons. The largest absolute Gasteiger partial charge is 0.398 e. The van der Waals surface area contributed by atoms with Gasteiger partial charge in [-0.25, -0.2) is 0 Å². The molecular formula is C17H21ClN2. The van der Waals surface area contributed by atoms with Crippen LogP contribution in [0, 0.1) is 0 Å². The number of nitrogen functional groups attached to an aromatic ring is 1. The van der Waals surface area contributed by atoms with Crippen molar-refractivity contribution in [3.05, 3.63) is 64.7 Å². The molecule has 0 unspecified atom stereocenters. The van der Waals surface area contributed by atoms with Gasteiger partial charge in [-0.05, 0) is 49.7 Å². The standard InChI is InChI=1S/C17H21ClN2/c1-20(11-5-8-14-6-3-2-4-7-14)13-15-9-10-16(18)17(19)12-15/h2-4,6-7,9-10,12H,5,8,11,13,19H2,1H3. The van der Waals surface area contributed by atoms with Crippen LogP contribution in [0.3, 0.4) is 0 Å². The molecule has 0 saturated carbocycles. The minimum Gasteiger partial charge on any atom is -0.398 e. The summed E-state index contributed by atoms with van der Waals surface area (Å²) in [6, 6.07) is 16.5. The fourth-order valence-corrected chi connectivity index (χ4v) is 2.40. The zero-order valence-electron chi connectivity index (χ0n) is 11.8. The highest BCUT2D eigenvalue weighted by atomic mass is 35.5. The molecule has 0 fully saturated rings. The first-order valence-corrected chi connectivity index (χ1v) is 7.29.